The van der Waals surface area contributed by atoms with Crippen molar-refractivity contribution in [2.24, 2.45) is 0 Å². The van der Waals surface area contributed by atoms with Crippen LogP contribution in [0.3, 0.4) is 0 Å². The first kappa shape index (κ1) is 30.9. The van der Waals surface area contributed by atoms with Gasteiger partial charge in [-0.2, -0.15) is 4.98 Å². The van der Waals surface area contributed by atoms with E-state index in [4.69, 9.17) is 15.9 Å². The monoisotopic (exact) mass is 548 g/mol. The summed E-state index contributed by atoms with van der Waals surface area (Å²) in [5.41, 5.74) is 6.59. The average Bonchev–Trinajstić information content (AvgIpc) is 2.86. The standard InChI is InChI=1S/C20H25N7O6.C4H11NO/c1-27-12(9-23-16-15(27)18(31)26-20(21)25-16)8-22-11-4-2-10(3-5-11)17(30)24-13(19(32)33)6-7-14(28)29;1-5(2)3-4-6/h2-5,12-13,22H,6-9H2,1H3,(H,24,30)(H,28,29)(H,32,33)(H4,21,23,25,26,31);6H,3-4H2,1-2H3/t12-,13?;/m0./s1. The minimum atomic E-state index is -1.30. The first-order chi connectivity index (χ1) is 18.4. The van der Waals surface area contributed by atoms with Crippen molar-refractivity contribution >= 4 is 41.0 Å². The number of amides is 1. The van der Waals surface area contributed by atoms with Gasteiger partial charge in [0.1, 0.15) is 11.7 Å². The van der Waals surface area contributed by atoms with Crippen molar-refractivity contribution < 1.29 is 29.7 Å². The van der Waals surface area contributed by atoms with E-state index in [9.17, 15) is 24.3 Å². The summed E-state index contributed by atoms with van der Waals surface area (Å²) in [6.07, 6.45) is -0.586. The molecule has 15 heteroatoms. The van der Waals surface area contributed by atoms with Crippen molar-refractivity contribution in [2.45, 2.75) is 24.9 Å². The maximum atomic E-state index is 12.3. The van der Waals surface area contributed by atoms with Crippen LogP contribution in [0.2, 0.25) is 0 Å². The molecular formula is C24H36N8O7. The molecule has 0 bridgehead atoms. The molecule has 1 aliphatic heterocycles. The molecule has 0 fully saturated rings. The molecular weight excluding hydrogens is 512 g/mol. The highest BCUT2D eigenvalue weighted by Gasteiger charge is 2.27. The quantitative estimate of drug-likeness (QED) is 0.174. The predicted molar refractivity (Wildman–Crippen MR) is 146 cm³/mol. The van der Waals surface area contributed by atoms with E-state index in [2.05, 4.69) is 25.9 Å². The number of nitrogens with two attached hydrogens (primary N) is 1. The van der Waals surface area contributed by atoms with Gasteiger partial charge in [0.15, 0.2) is 5.82 Å². The van der Waals surface area contributed by atoms with E-state index in [-0.39, 0.29) is 42.6 Å². The van der Waals surface area contributed by atoms with Gasteiger partial charge in [0, 0.05) is 44.4 Å². The van der Waals surface area contributed by atoms with Gasteiger partial charge in [0.2, 0.25) is 5.95 Å². The fraction of sp³-hybridized carbons (Fsp3) is 0.458. The number of aromatic amines is 1. The lowest BCUT2D eigenvalue weighted by molar-refractivity contribution is -0.140. The number of benzene rings is 1. The van der Waals surface area contributed by atoms with Gasteiger partial charge in [-0.1, -0.05) is 0 Å². The number of nitrogens with one attached hydrogen (secondary N) is 4. The van der Waals surface area contributed by atoms with Crippen LogP contribution in [0.1, 0.15) is 23.2 Å². The second-order valence-corrected chi connectivity index (χ2v) is 9.08. The minimum Gasteiger partial charge on any atom is -0.481 e. The highest BCUT2D eigenvalue weighted by atomic mass is 16.4. The summed E-state index contributed by atoms with van der Waals surface area (Å²) in [4.78, 5) is 56.8. The molecule has 9 N–H and O–H groups in total. The first-order valence-electron chi connectivity index (χ1n) is 12.1. The predicted octanol–water partition coefficient (Wildman–Crippen LogP) is -0.717. The molecule has 15 nitrogen and oxygen atoms in total. The van der Waals surface area contributed by atoms with Gasteiger partial charge in [-0.05, 0) is 44.8 Å². The van der Waals surface area contributed by atoms with Crippen molar-refractivity contribution in [3.8, 4) is 0 Å². The molecule has 2 heterocycles. The number of H-pyrrole nitrogens is 1. The maximum Gasteiger partial charge on any atom is 0.326 e. The van der Waals surface area contributed by atoms with Crippen LogP contribution in [-0.2, 0) is 9.59 Å². The third kappa shape index (κ3) is 9.46. The van der Waals surface area contributed by atoms with Crippen molar-refractivity contribution in [1.29, 1.82) is 0 Å². The lowest BCUT2D eigenvalue weighted by Gasteiger charge is -2.35. The van der Waals surface area contributed by atoms with E-state index in [1.54, 1.807) is 19.2 Å². The number of anilines is 4. The zero-order chi connectivity index (χ0) is 29.1. The van der Waals surface area contributed by atoms with Crippen molar-refractivity contribution in [1.82, 2.24) is 20.2 Å². The molecule has 39 heavy (non-hydrogen) atoms. The van der Waals surface area contributed by atoms with Crippen LogP contribution in [0.15, 0.2) is 29.1 Å². The Kier molecular flexibility index (Phi) is 11.5. The molecule has 0 aliphatic carbocycles. The highest BCUT2D eigenvalue weighted by Crippen LogP contribution is 2.25. The van der Waals surface area contributed by atoms with Gasteiger partial charge in [-0.3, -0.25) is 19.4 Å². The molecule has 0 radical (unpaired) electrons. The Morgan fingerprint density at radius 2 is 1.90 bits per heavy atom. The number of fused-ring (bicyclic) bond motifs is 1. The van der Waals surface area contributed by atoms with Gasteiger partial charge in [0.05, 0.1) is 12.6 Å². The summed E-state index contributed by atoms with van der Waals surface area (Å²) < 4.78 is 0. The number of nitrogens with zero attached hydrogens (tertiary/aromatic N) is 3. The number of rotatable bonds is 11. The number of carboxylic acid groups (broad SMARTS) is 2. The molecule has 1 unspecified atom stereocenters. The number of aliphatic hydroxyl groups is 1. The Morgan fingerprint density at radius 1 is 1.23 bits per heavy atom. The Bertz CT molecular complexity index is 1190. The Balaban J connectivity index is 0.000000798. The lowest BCUT2D eigenvalue weighted by Crippen LogP contribution is -2.48. The topological polar surface area (TPSA) is 226 Å². The lowest BCUT2D eigenvalue weighted by atomic mass is 10.1. The van der Waals surface area contributed by atoms with Gasteiger partial charge < -0.3 is 46.8 Å². The number of nitrogen functional groups attached to an aromatic ring is 1. The van der Waals surface area contributed by atoms with Gasteiger partial charge in [-0.25, -0.2) is 4.79 Å². The molecule has 1 aromatic carbocycles. The van der Waals surface area contributed by atoms with Gasteiger partial charge >= 0.3 is 11.9 Å². The van der Waals surface area contributed by atoms with Gasteiger partial charge in [-0.15, -0.1) is 0 Å². The average molecular weight is 549 g/mol. The van der Waals surface area contributed by atoms with Crippen LogP contribution < -0.4 is 32.1 Å². The van der Waals surface area contributed by atoms with Crippen molar-refractivity contribution in [3.63, 3.8) is 0 Å². The summed E-state index contributed by atoms with van der Waals surface area (Å²) in [7, 11) is 5.64. The molecule has 0 saturated heterocycles. The summed E-state index contributed by atoms with van der Waals surface area (Å²) >= 11 is 0. The third-order valence-corrected chi connectivity index (χ3v) is 5.81. The molecule has 1 aliphatic rings. The molecule has 1 aromatic heterocycles. The van der Waals surface area contributed by atoms with E-state index in [1.807, 2.05) is 23.9 Å². The van der Waals surface area contributed by atoms with Crippen LogP contribution in [0.4, 0.5) is 23.1 Å². The number of aliphatic hydroxyl groups excluding tert-OH is 1. The zero-order valence-corrected chi connectivity index (χ0v) is 22.1. The number of carboxylic acids is 2. The van der Waals surface area contributed by atoms with E-state index in [0.717, 1.165) is 12.2 Å². The van der Waals surface area contributed by atoms with Crippen LogP contribution in [0.25, 0.3) is 0 Å². The largest absolute Gasteiger partial charge is 0.481 e. The smallest absolute Gasteiger partial charge is 0.326 e. The van der Waals surface area contributed by atoms with E-state index in [1.165, 1.54) is 12.1 Å². The zero-order valence-electron chi connectivity index (χ0n) is 22.1. The summed E-state index contributed by atoms with van der Waals surface area (Å²) in [5.74, 6) is -2.59. The number of hydrogen-bond donors (Lipinski definition) is 8. The second kappa shape index (κ2) is 14.5. The molecule has 3 rings (SSSR count). The number of likely N-dealkylation sites (N-methyl/N-ethyl adjacent to an activating group) is 2. The van der Waals surface area contributed by atoms with Crippen molar-refractivity contribution in [3.05, 3.63) is 40.2 Å². The van der Waals surface area contributed by atoms with Gasteiger partial charge in [0.25, 0.3) is 11.5 Å². The van der Waals surface area contributed by atoms with E-state index >= 15 is 0 Å². The third-order valence-electron chi connectivity index (χ3n) is 5.81. The number of aromatic nitrogens is 2. The van der Waals surface area contributed by atoms with Crippen LogP contribution in [0, 0.1) is 0 Å². The molecule has 0 saturated carbocycles. The fourth-order valence-electron chi connectivity index (χ4n) is 3.62. The minimum absolute atomic E-state index is 0.0388. The Hall–Kier alpha value is -4.37. The highest BCUT2D eigenvalue weighted by molar-refractivity contribution is 5.97. The molecule has 214 valence electrons. The molecule has 2 atom stereocenters. The van der Waals surface area contributed by atoms with Crippen molar-refractivity contribution in [2.75, 3.05) is 68.7 Å². The first-order valence-corrected chi connectivity index (χ1v) is 12.1. The Labute approximate surface area is 225 Å². The normalized spacial score (nSPS) is 14.8. The summed E-state index contributed by atoms with van der Waals surface area (Å²) in [6, 6.07) is 5.03. The molecule has 0 spiro atoms. The summed E-state index contributed by atoms with van der Waals surface area (Å²) in [6.45, 7) is 2.03. The molecule has 1 amide bonds. The van der Waals surface area contributed by atoms with Crippen LogP contribution in [0.5, 0.6) is 0 Å². The number of hydrogen-bond acceptors (Lipinski definition) is 11. The maximum absolute atomic E-state index is 12.3. The van der Waals surface area contributed by atoms with E-state index < -0.39 is 23.9 Å². The summed E-state index contributed by atoms with van der Waals surface area (Å²) in [5, 5.41) is 34.7. The fourth-order valence-corrected chi connectivity index (χ4v) is 3.62. The number of carbonyl (C=O) groups excluding carboxylic acids is 1. The van der Waals surface area contributed by atoms with Crippen LogP contribution in [-0.4, -0.2) is 108 Å². The van der Waals surface area contributed by atoms with Crippen LogP contribution >= 0.6 is 0 Å². The molecule has 2 aromatic rings. The van der Waals surface area contributed by atoms with E-state index in [0.29, 0.717) is 24.6 Å². The SMILES string of the molecule is CN(C)CCO.CN1c2c(nc(N)[nH]c2=O)NC[C@@H]1CNc1ccc(C(=O)NC(CCC(=O)O)C(=O)O)cc1. The Morgan fingerprint density at radius 3 is 2.44 bits per heavy atom. The second-order valence-electron chi connectivity index (χ2n) is 9.08. The number of aliphatic carboxylic acids is 2. The number of carbonyl (C=O) groups is 3.